The van der Waals surface area contributed by atoms with Crippen LogP contribution in [0.15, 0.2) is 84.0 Å². The first-order valence-corrected chi connectivity index (χ1v) is 9.06. The molecule has 3 aromatic carbocycles. The van der Waals surface area contributed by atoms with Crippen LogP contribution < -0.4 is 0 Å². The molecule has 0 unspecified atom stereocenters. The second kappa shape index (κ2) is 7.51. The Labute approximate surface area is 162 Å². The van der Waals surface area contributed by atoms with E-state index in [-0.39, 0.29) is 0 Å². The molecular weight excluding hydrogens is 352 g/mol. The number of hydrogen-bond acceptors (Lipinski definition) is 3. The predicted molar refractivity (Wildman–Crippen MR) is 112 cm³/mol. The van der Waals surface area contributed by atoms with Gasteiger partial charge in [-0.15, -0.1) is 0 Å². The fraction of sp³-hybridized carbons (Fsp3) is 0.0455. The Morgan fingerprint density at radius 3 is 2.33 bits per heavy atom. The first-order valence-electron chi connectivity index (χ1n) is 8.65. The number of H-pyrrole nitrogens is 1. The summed E-state index contributed by atoms with van der Waals surface area (Å²) >= 11 is 5.34. The van der Waals surface area contributed by atoms with E-state index in [1.54, 1.807) is 10.9 Å². The van der Waals surface area contributed by atoms with Gasteiger partial charge in [0, 0.05) is 5.56 Å². The molecule has 27 heavy (non-hydrogen) atoms. The smallest absolute Gasteiger partial charge is 0.216 e. The van der Waals surface area contributed by atoms with Crippen LogP contribution >= 0.6 is 12.2 Å². The lowest BCUT2D eigenvalue weighted by molar-refractivity contribution is 0.871. The molecule has 1 heterocycles. The van der Waals surface area contributed by atoms with Gasteiger partial charge in [0.1, 0.15) is 0 Å². The molecule has 0 fully saturated rings. The molecule has 0 aliphatic heterocycles. The van der Waals surface area contributed by atoms with E-state index in [0.29, 0.717) is 10.6 Å². The van der Waals surface area contributed by atoms with Crippen molar-refractivity contribution in [1.29, 1.82) is 0 Å². The lowest BCUT2D eigenvalue weighted by atomic mass is 10.0. The van der Waals surface area contributed by atoms with Crippen LogP contribution in [0.1, 0.15) is 11.1 Å². The normalized spacial score (nSPS) is 11.1. The molecule has 0 radical (unpaired) electrons. The molecule has 0 atom stereocenters. The maximum Gasteiger partial charge on any atom is 0.216 e. The molecule has 5 heteroatoms. The summed E-state index contributed by atoms with van der Waals surface area (Å²) < 4.78 is 2.11. The first kappa shape index (κ1) is 17.1. The minimum absolute atomic E-state index is 0.462. The fourth-order valence-electron chi connectivity index (χ4n) is 2.89. The van der Waals surface area contributed by atoms with E-state index in [1.165, 1.54) is 11.1 Å². The number of benzene rings is 3. The van der Waals surface area contributed by atoms with E-state index in [2.05, 4.69) is 45.6 Å². The van der Waals surface area contributed by atoms with Crippen LogP contribution in [0.4, 0.5) is 0 Å². The van der Waals surface area contributed by atoms with Gasteiger partial charge < -0.3 is 0 Å². The van der Waals surface area contributed by atoms with Crippen LogP contribution in [0, 0.1) is 11.7 Å². The largest absolute Gasteiger partial charge is 0.250 e. The van der Waals surface area contributed by atoms with E-state index >= 15 is 0 Å². The van der Waals surface area contributed by atoms with Crippen LogP contribution in [-0.2, 0) is 0 Å². The van der Waals surface area contributed by atoms with Gasteiger partial charge in [0.2, 0.25) is 4.77 Å². The first-order chi connectivity index (χ1) is 13.2. The summed E-state index contributed by atoms with van der Waals surface area (Å²) in [5.74, 6) is 0.695. The highest BCUT2D eigenvalue weighted by Gasteiger charge is 2.08. The Kier molecular flexibility index (Phi) is 4.77. The number of aryl methyl sites for hydroxylation is 1. The molecule has 132 valence electrons. The van der Waals surface area contributed by atoms with Crippen LogP contribution in [0.3, 0.4) is 0 Å². The molecule has 4 aromatic rings. The number of hydrogen-bond donors (Lipinski definition) is 1. The Balaban J connectivity index is 1.62. The molecule has 4 nitrogen and oxygen atoms in total. The Hall–Kier alpha value is -3.31. The van der Waals surface area contributed by atoms with Crippen LogP contribution in [-0.4, -0.2) is 21.1 Å². The van der Waals surface area contributed by atoms with Gasteiger partial charge in [-0.1, -0.05) is 78.4 Å². The maximum absolute atomic E-state index is 5.34. The molecule has 0 aliphatic rings. The van der Waals surface area contributed by atoms with Crippen molar-refractivity contribution in [2.24, 2.45) is 5.10 Å². The van der Waals surface area contributed by atoms with Gasteiger partial charge in [-0.3, -0.25) is 0 Å². The van der Waals surface area contributed by atoms with Gasteiger partial charge in [-0.05, 0) is 41.9 Å². The van der Waals surface area contributed by atoms with Gasteiger partial charge in [-0.2, -0.15) is 14.9 Å². The Morgan fingerprint density at radius 2 is 1.59 bits per heavy atom. The summed E-state index contributed by atoms with van der Waals surface area (Å²) in [5, 5.41) is 11.7. The summed E-state index contributed by atoms with van der Waals surface area (Å²) in [6, 6.07) is 26.7. The third-order valence-corrected chi connectivity index (χ3v) is 4.53. The third kappa shape index (κ3) is 3.78. The topological polar surface area (TPSA) is 46.0 Å². The molecule has 4 rings (SSSR count). The van der Waals surface area contributed by atoms with Crippen molar-refractivity contribution >= 4 is 18.4 Å². The summed E-state index contributed by atoms with van der Waals surface area (Å²) in [4.78, 5) is 0. The van der Waals surface area contributed by atoms with Crippen molar-refractivity contribution in [1.82, 2.24) is 14.9 Å². The SMILES string of the molecule is Cc1cccc(-c2n[nH]c(=S)n2/N=C/c2ccc(-c3ccccc3)cc2)c1. The number of nitrogens with one attached hydrogen (secondary N) is 1. The monoisotopic (exact) mass is 370 g/mol. The van der Waals surface area contributed by atoms with Crippen LogP contribution in [0.5, 0.6) is 0 Å². The average molecular weight is 370 g/mol. The fourth-order valence-corrected chi connectivity index (χ4v) is 3.07. The zero-order valence-corrected chi connectivity index (χ0v) is 15.6. The Morgan fingerprint density at radius 1 is 0.889 bits per heavy atom. The second-order valence-electron chi connectivity index (χ2n) is 6.27. The van der Waals surface area contributed by atoms with Crippen LogP contribution in [0.2, 0.25) is 0 Å². The van der Waals surface area contributed by atoms with Crippen molar-refractivity contribution in [3.63, 3.8) is 0 Å². The van der Waals surface area contributed by atoms with Gasteiger partial charge in [-0.25, -0.2) is 5.10 Å². The lowest BCUT2D eigenvalue weighted by Crippen LogP contribution is -1.95. The summed E-state index contributed by atoms with van der Waals surface area (Å²) in [6.07, 6.45) is 1.79. The molecule has 0 amide bonds. The third-order valence-electron chi connectivity index (χ3n) is 4.27. The number of aromatic amines is 1. The van der Waals surface area contributed by atoms with Gasteiger partial charge in [0.15, 0.2) is 5.82 Å². The molecule has 0 saturated heterocycles. The minimum Gasteiger partial charge on any atom is -0.250 e. The second-order valence-corrected chi connectivity index (χ2v) is 6.65. The van der Waals surface area contributed by atoms with E-state index in [0.717, 1.165) is 16.7 Å². The van der Waals surface area contributed by atoms with Crippen molar-refractivity contribution in [2.45, 2.75) is 6.92 Å². The molecule has 0 aliphatic carbocycles. The Bertz CT molecular complexity index is 1140. The number of aromatic nitrogens is 3. The maximum atomic E-state index is 5.34. The molecular formula is C22H18N4S. The predicted octanol–water partition coefficient (Wildman–Crippen LogP) is 5.47. The van der Waals surface area contributed by atoms with Gasteiger partial charge in [0.25, 0.3) is 0 Å². The minimum atomic E-state index is 0.462. The quantitative estimate of drug-likeness (QED) is 0.383. The summed E-state index contributed by atoms with van der Waals surface area (Å²) in [6.45, 7) is 2.05. The van der Waals surface area contributed by atoms with Crippen molar-refractivity contribution < 1.29 is 0 Å². The van der Waals surface area contributed by atoms with Crippen LogP contribution in [0.25, 0.3) is 22.5 Å². The molecule has 0 saturated carbocycles. The van der Waals surface area contributed by atoms with E-state index in [9.17, 15) is 0 Å². The summed E-state index contributed by atoms with van der Waals surface area (Å²) in [7, 11) is 0. The van der Waals surface area contributed by atoms with Crippen molar-refractivity contribution in [2.75, 3.05) is 0 Å². The average Bonchev–Trinajstić information content (AvgIpc) is 3.08. The standard InChI is InChI=1S/C22H18N4S/c1-16-6-5-9-20(14-16)21-24-25-22(27)26(21)23-15-17-10-12-19(13-11-17)18-7-3-2-4-8-18/h2-15H,1H3,(H,25,27)/b23-15+. The van der Waals surface area contributed by atoms with Gasteiger partial charge in [0.05, 0.1) is 6.21 Å². The lowest BCUT2D eigenvalue weighted by Gasteiger charge is -2.03. The summed E-state index contributed by atoms with van der Waals surface area (Å²) in [5.41, 5.74) is 5.49. The number of nitrogens with zero attached hydrogens (tertiary/aromatic N) is 3. The highest BCUT2D eigenvalue weighted by atomic mass is 32.1. The van der Waals surface area contributed by atoms with Crippen molar-refractivity contribution in [3.05, 3.63) is 94.8 Å². The molecule has 0 spiro atoms. The highest BCUT2D eigenvalue weighted by molar-refractivity contribution is 7.71. The van der Waals surface area contributed by atoms with Gasteiger partial charge >= 0.3 is 0 Å². The highest BCUT2D eigenvalue weighted by Crippen LogP contribution is 2.20. The van der Waals surface area contributed by atoms with E-state index in [1.807, 2.05) is 55.5 Å². The van der Waals surface area contributed by atoms with Crippen molar-refractivity contribution in [3.8, 4) is 22.5 Å². The molecule has 1 aromatic heterocycles. The molecule has 0 bridgehead atoms. The van der Waals surface area contributed by atoms with E-state index < -0.39 is 0 Å². The number of rotatable bonds is 4. The van der Waals surface area contributed by atoms with E-state index in [4.69, 9.17) is 12.2 Å². The molecule has 1 N–H and O–H groups in total. The zero-order chi connectivity index (χ0) is 18.6. The zero-order valence-electron chi connectivity index (χ0n) is 14.8.